The van der Waals surface area contributed by atoms with Crippen LogP contribution in [0.2, 0.25) is 0 Å². The first kappa shape index (κ1) is 55.8. The Bertz CT molecular complexity index is 6730. The third-order valence-corrected chi connectivity index (χ3v) is 22.3. The van der Waals surface area contributed by atoms with Crippen molar-refractivity contribution in [2.75, 3.05) is 9.80 Å². The van der Waals surface area contributed by atoms with E-state index in [-0.39, 0.29) is 103 Å². The van der Waals surface area contributed by atoms with Crippen molar-refractivity contribution in [3.63, 3.8) is 0 Å². The van der Waals surface area contributed by atoms with Crippen molar-refractivity contribution in [3.05, 3.63) is 325 Å². The molecule has 0 atom stereocenters. The molecule has 0 saturated carbocycles. The molecular formula is C104H94B2N2O2. The number of rotatable bonds is 9. The maximum Gasteiger partial charge on any atom is 0.260 e. The van der Waals surface area contributed by atoms with Crippen molar-refractivity contribution in [1.82, 2.24) is 0 Å². The van der Waals surface area contributed by atoms with Crippen molar-refractivity contribution >= 4 is 80.3 Å². The highest BCUT2D eigenvalue weighted by Crippen LogP contribution is 2.58. The van der Waals surface area contributed by atoms with E-state index in [4.69, 9.17) is 9.47 Å². The fourth-order valence-corrected chi connectivity index (χ4v) is 16.4. The highest BCUT2D eigenvalue weighted by molar-refractivity contribution is 7.03. The molecule has 0 spiro atoms. The van der Waals surface area contributed by atoms with E-state index in [1.165, 1.54) is 0 Å². The molecule has 538 valence electrons. The molecule has 0 amide bonds. The average Bonchev–Trinajstić information content (AvgIpc) is 0.661. The van der Waals surface area contributed by atoms with E-state index in [1.807, 2.05) is 136 Å². The maximum absolute atomic E-state index is 12.3. The van der Waals surface area contributed by atoms with Crippen LogP contribution in [-0.2, 0) is 27.1 Å². The first-order chi connectivity index (χ1) is 58.6. The van der Waals surface area contributed by atoms with Crippen LogP contribution in [0.1, 0.15) is 151 Å². The third-order valence-electron chi connectivity index (χ3n) is 22.3. The summed E-state index contributed by atoms with van der Waals surface area (Å²) in [4.78, 5) is 4.24. The third kappa shape index (κ3) is 11.9. The first-order valence-electron chi connectivity index (χ1n) is 45.2. The van der Waals surface area contributed by atoms with Gasteiger partial charge in [-0.2, -0.15) is 0 Å². The van der Waals surface area contributed by atoms with Crippen LogP contribution in [0, 0.1) is 0 Å². The fraction of sp³-hybridized carbons (Fsp3) is 0.192. The highest BCUT2D eigenvalue weighted by Gasteiger charge is 2.52. The molecule has 0 aliphatic carbocycles. The van der Waals surface area contributed by atoms with Crippen LogP contribution >= 0.6 is 0 Å². The monoisotopic (exact) mass is 1440 g/mol. The molecule has 110 heavy (non-hydrogen) atoms. The predicted molar refractivity (Wildman–Crippen MR) is 470 cm³/mol. The first-order valence-corrected chi connectivity index (χ1v) is 38.2. The van der Waals surface area contributed by atoms with Gasteiger partial charge in [0.25, 0.3) is 13.4 Å². The molecule has 4 nitrogen and oxygen atoms in total. The number of fused-ring (bicyclic) bond motifs is 9. The fourth-order valence-electron chi connectivity index (χ4n) is 16.4. The molecule has 0 unspecified atom stereocenters. The molecule has 0 aromatic heterocycles. The largest absolute Gasteiger partial charge is 0.459 e. The van der Waals surface area contributed by atoms with Gasteiger partial charge in [-0.25, -0.2) is 0 Å². The smallest absolute Gasteiger partial charge is 0.260 e. The molecule has 6 heteroatoms. The van der Waals surface area contributed by atoms with Crippen molar-refractivity contribution in [2.45, 2.75) is 131 Å². The lowest BCUT2D eigenvalue weighted by Gasteiger charge is -2.48. The average molecular weight is 1440 g/mol. The number of nitrogens with zero attached hydrogens (tertiary/aromatic N) is 2. The summed E-state index contributed by atoms with van der Waals surface area (Å²) in [5, 5.41) is 0. The molecule has 0 bridgehead atoms. The van der Waals surface area contributed by atoms with E-state index in [9.17, 15) is 19.2 Å². The van der Waals surface area contributed by atoms with Crippen LogP contribution in [0.15, 0.2) is 297 Å². The van der Waals surface area contributed by atoms with Crippen molar-refractivity contribution in [2.24, 2.45) is 0 Å². The van der Waals surface area contributed by atoms with Gasteiger partial charge in [0.2, 0.25) is 0 Å². The molecule has 0 N–H and O–H groups in total. The Morgan fingerprint density at radius 3 is 1.11 bits per heavy atom. The van der Waals surface area contributed by atoms with Gasteiger partial charge in [0.15, 0.2) is 0 Å². The van der Waals surface area contributed by atoms with E-state index >= 15 is 0 Å². The topological polar surface area (TPSA) is 24.9 Å². The van der Waals surface area contributed by atoms with Crippen LogP contribution in [0.25, 0.3) is 77.9 Å². The lowest BCUT2D eigenvalue weighted by molar-refractivity contribution is 0.467. The van der Waals surface area contributed by atoms with Gasteiger partial charge in [-0.3, -0.25) is 0 Å². The zero-order valence-corrected chi connectivity index (χ0v) is 65.1. The SMILES string of the molecule is [2H]c1c([2H])c([2H])c2c(c1[2H])Oc1c([2H])c3c(c4c1B2c1c([2H])c([2H])c([2H])c([2H])c1O4)B1c2c(cc(C(C)(C)C)cc2N3c2c(-c3ccccc3)cc(C(C)(C)C)cc2-c2ccccc2)N(c2c(-c3ccccc3)cc(C(C)(C)C)cc2-c2ccccc2)c2c([2H])c(-c3c(-c4ccccc4)c([2H])c(C(C)(C)C)c([2H])c3-c3cccc(C(C)(C)C)c3)c([2H])c([2H])c21. The van der Waals surface area contributed by atoms with E-state index in [2.05, 4.69) is 190 Å². The standard InChI is InChI=1S/C104H94B2N2O2/c1-100(2,3)72-47-35-46-70(54-72)78-57-73(101(4,5)6)56-77(65-36-21-16-22-37-65)93(78)71-52-53-83-86(55-71)107(97-79(66-38-23-17-24-39-66)58-74(102(7,8)9)59-80(97)67-40-25-18-26-41-67)87-62-76(104(13,14)15)63-88-94(87)106(83)95-89(64-92-96-99(95)110-91-51-34-32-49-85(91)105(96)84-48-31-33-50-90(84)109-92)108(88)98-81(68-42-27-19-28-43-68)60-75(103(10,11)12)61-82(98)69-44-29-20-30-45-69/h16-64H,1-15H3/i31D,32D,33D,34D,48D,49D,50D,51D,52D,53D,55D,56D,57D,64D. The van der Waals surface area contributed by atoms with Gasteiger partial charge < -0.3 is 19.3 Å². The molecule has 0 fully saturated rings. The van der Waals surface area contributed by atoms with Crippen molar-refractivity contribution in [1.29, 1.82) is 0 Å². The summed E-state index contributed by atoms with van der Waals surface area (Å²) in [5.74, 6) is -1.03. The van der Waals surface area contributed by atoms with Crippen LogP contribution in [0.4, 0.5) is 34.1 Å². The highest BCUT2D eigenvalue weighted by atomic mass is 16.5. The van der Waals surface area contributed by atoms with Crippen LogP contribution < -0.4 is 52.1 Å². The minimum absolute atomic E-state index is 0.0154. The summed E-state index contributed by atoms with van der Waals surface area (Å²) >= 11 is 0. The summed E-state index contributed by atoms with van der Waals surface area (Å²) in [6, 6.07) is 65.0. The number of anilines is 6. The summed E-state index contributed by atoms with van der Waals surface area (Å²) in [6.45, 7) is 28.9. The van der Waals surface area contributed by atoms with Gasteiger partial charge in [0, 0.05) is 56.5 Å². The van der Waals surface area contributed by atoms with Gasteiger partial charge in [0.05, 0.1) is 30.6 Å². The zero-order chi connectivity index (χ0) is 88.3. The zero-order valence-electron chi connectivity index (χ0n) is 79.1. The lowest BCUT2D eigenvalue weighted by Crippen LogP contribution is -2.65. The molecule has 14 aromatic rings. The van der Waals surface area contributed by atoms with E-state index in [0.717, 1.165) is 66.8 Å². The minimum Gasteiger partial charge on any atom is -0.459 e. The molecular weight excluding hydrogens is 1330 g/mol. The van der Waals surface area contributed by atoms with Gasteiger partial charge in [0.1, 0.15) is 23.0 Å². The molecule has 4 heterocycles. The molecule has 0 radical (unpaired) electrons. The minimum atomic E-state index is -1.56. The number of benzene rings is 14. The summed E-state index contributed by atoms with van der Waals surface area (Å²) in [7, 11) is 0. The second kappa shape index (κ2) is 26.1. The van der Waals surface area contributed by atoms with E-state index in [0.29, 0.717) is 56.0 Å². The quantitative estimate of drug-likeness (QED) is 0.135. The molecule has 18 rings (SSSR count). The molecule has 4 aliphatic heterocycles. The Labute approximate surface area is 672 Å². The lowest BCUT2D eigenvalue weighted by atomic mass is 9.30. The van der Waals surface area contributed by atoms with Gasteiger partial charge in [-0.15, -0.1) is 0 Å². The van der Waals surface area contributed by atoms with E-state index in [1.54, 1.807) is 0 Å². The second-order valence-corrected chi connectivity index (χ2v) is 34.9. The van der Waals surface area contributed by atoms with Crippen molar-refractivity contribution < 1.29 is 28.7 Å². The molecule has 14 aromatic carbocycles. The Morgan fingerprint density at radius 1 is 0.273 bits per heavy atom. The van der Waals surface area contributed by atoms with Crippen molar-refractivity contribution in [3.8, 4) is 101 Å². The Hall–Kier alpha value is -11.6. The second-order valence-electron chi connectivity index (χ2n) is 34.9. The Kier molecular flexibility index (Phi) is 13.2. The van der Waals surface area contributed by atoms with Gasteiger partial charge in [-0.05, 0) is 204 Å². The van der Waals surface area contributed by atoms with E-state index < -0.39 is 94.9 Å². The summed E-state index contributed by atoms with van der Waals surface area (Å²) < 4.78 is 162. The molecule has 0 saturated heterocycles. The number of ether oxygens (including phenoxy) is 2. The van der Waals surface area contributed by atoms with Gasteiger partial charge >= 0.3 is 0 Å². The van der Waals surface area contributed by atoms with Gasteiger partial charge in [-0.1, -0.05) is 328 Å². The Balaban J connectivity index is 1.14. The summed E-state index contributed by atoms with van der Waals surface area (Å²) in [6.07, 6.45) is 0. The summed E-state index contributed by atoms with van der Waals surface area (Å²) in [5.41, 5.74) is 12.2. The number of para-hydroxylation sites is 2. The van der Waals surface area contributed by atoms with Crippen LogP contribution in [0.5, 0.6) is 23.0 Å². The number of hydrogen-bond acceptors (Lipinski definition) is 4. The maximum atomic E-state index is 12.3. The predicted octanol–water partition coefficient (Wildman–Crippen LogP) is 24.7. The Morgan fingerprint density at radius 2 is 0.664 bits per heavy atom. The number of hydrogen-bond donors (Lipinski definition) is 0. The normalized spacial score (nSPS) is 15.3. The van der Waals surface area contributed by atoms with Crippen LogP contribution in [-0.4, -0.2) is 13.4 Å². The van der Waals surface area contributed by atoms with Crippen LogP contribution in [0.3, 0.4) is 0 Å². The molecule has 4 aliphatic rings.